The molecule has 0 saturated heterocycles. The molecule has 0 aromatic heterocycles. The number of carboxylic acids is 1. The molecule has 4 aromatic rings. The zero-order valence-corrected chi connectivity index (χ0v) is 22.1. The number of aromatic hydroxyl groups is 2. The molecule has 0 aliphatic heterocycles. The smallest absolute Gasteiger partial charge is 0.335 e. The first-order valence-electron chi connectivity index (χ1n) is 12.3. The van der Waals surface area contributed by atoms with E-state index in [0.29, 0.717) is 23.6 Å². The van der Waals surface area contributed by atoms with Crippen LogP contribution in [0.4, 0.5) is 0 Å². The van der Waals surface area contributed by atoms with Crippen LogP contribution >= 0.6 is 0 Å². The van der Waals surface area contributed by atoms with Crippen LogP contribution in [0.2, 0.25) is 0 Å². The zero-order valence-electron chi connectivity index (χ0n) is 22.1. The average molecular weight is 512 g/mol. The lowest BCUT2D eigenvalue weighted by Crippen LogP contribution is -2.25. The summed E-state index contributed by atoms with van der Waals surface area (Å²) in [6.07, 6.45) is 0.751. The maximum atomic E-state index is 11.9. The highest BCUT2D eigenvalue weighted by atomic mass is 16.4. The lowest BCUT2D eigenvalue weighted by molar-refractivity contribution is 0.0696. The van der Waals surface area contributed by atoms with Gasteiger partial charge in [-0.2, -0.15) is 0 Å². The molecule has 0 bridgehead atoms. The lowest BCUT2D eigenvalue weighted by atomic mass is 9.99. The SMILES string of the molecule is Cc1cc(-c2ccc(C(=O)O)cc2)cc(C)c1O.Cc1cc(CCNC(=O)c2ccccc2)cc(C)c1O. The minimum atomic E-state index is -0.931. The fourth-order valence-electron chi connectivity index (χ4n) is 4.13. The molecule has 0 fully saturated rings. The van der Waals surface area contributed by atoms with Gasteiger partial charge in [0, 0.05) is 12.1 Å². The van der Waals surface area contributed by atoms with E-state index in [1.54, 1.807) is 36.4 Å². The van der Waals surface area contributed by atoms with Gasteiger partial charge in [0.1, 0.15) is 11.5 Å². The van der Waals surface area contributed by atoms with Crippen LogP contribution in [0, 0.1) is 27.7 Å². The summed E-state index contributed by atoms with van der Waals surface area (Å²) in [7, 11) is 0. The number of nitrogens with one attached hydrogen (secondary N) is 1. The number of phenolic OH excluding ortho intramolecular Hbond substituents is 2. The van der Waals surface area contributed by atoms with Crippen LogP contribution in [0.15, 0.2) is 78.9 Å². The summed E-state index contributed by atoms with van der Waals surface area (Å²) in [5.74, 6) is -0.333. The standard InChI is InChI=1S/C17H19NO2.C15H14O3/c1-12-10-14(11-13(2)16(12)19)8-9-18-17(20)15-6-4-3-5-7-15;1-9-7-13(8-10(2)14(9)16)11-3-5-12(6-4-11)15(17)18/h3-7,10-11,19H,8-9H2,1-2H3,(H,18,20);3-8,16H,1-2H3,(H,17,18). The third kappa shape index (κ3) is 7.23. The Labute approximate surface area is 223 Å². The summed E-state index contributed by atoms with van der Waals surface area (Å²) >= 11 is 0. The second kappa shape index (κ2) is 12.6. The van der Waals surface area contributed by atoms with E-state index in [0.717, 1.165) is 45.4 Å². The number of amides is 1. The van der Waals surface area contributed by atoms with E-state index in [2.05, 4.69) is 5.32 Å². The summed E-state index contributed by atoms with van der Waals surface area (Å²) in [4.78, 5) is 22.6. The molecule has 0 aliphatic rings. The van der Waals surface area contributed by atoms with Gasteiger partial charge in [-0.3, -0.25) is 4.79 Å². The number of benzene rings is 4. The van der Waals surface area contributed by atoms with Crippen LogP contribution in [-0.4, -0.2) is 33.7 Å². The maximum Gasteiger partial charge on any atom is 0.335 e. The van der Waals surface area contributed by atoms with Crippen LogP contribution < -0.4 is 5.32 Å². The molecule has 38 heavy (non-hydrogen) atoms. The van der Waals surface area contributed by atoms with Crippen LogP contribution in [0.5, 0.6) is 11.5 Å². The average Bonchev–Trinajstić information content (AvgIpc) is 2.91. The predicted octanol–water partition coefficient (Wildman–Crippen LogP) is 6.36. The monoisotopic (exact) mass is 511 g/mol. The Kier molecular flexibility index (Phi) is 9.28. The quantitative estimate of drug-likeness (QED) is 0.241. The number of carbonyl (C=O) groups excluding carboxylic acids is 1. The number of phenols is 2. The minimum Gasteiger partial charge on any atom is -0.507 e. The molecule has 4 aromatic carbocycles. The highest BCUT2D eigenvalue weighted by molar-refractivity contribution is 5.94. The van der Waals surface area contributed by atoms with Crippen molar-refractivity contribution in [2.45, 2.75) is 34.1 Å². The number of hydrogen-bond donors (Lipinski definition) is 4. The predicted molar refractivity (Wildman–Crippen MR) is 150 cm³/mol. The highest BCUT2D eigenvalue weighted by Gasteiger charge is 2.08. The van der Waals surface area contributed by atoms with Gasteiger partial charge in [0.15, 0.2) is 0 Å². The summed E-state index contributed by atoms with van der Waals surface area (Å²) in [6.45, 7) is 8.04. The Morgan fingerprint density at radius 1 is 0.658 bits per heavy atom. The van der Waals surface area contributed by atoms with Gasteiger partial charge in [0.25, 0.3) is 5.91 Å². The van der Waals surface area contributed by atoms with Gasteiger partial charge >= 0.3 is 5.97 Å². The lowest BCUT2D eigenvalue weighted by Gasteiger charge is -2.09. The van der Waals surface area contributed by atoms with Crippen molar-refractivity contribution in [2.75, 3.05) is 6.54 Å². The van der Waals surface area contributed by atoms with Crippen molar-refractivity contribution in [3.05, 3.63) is 118 Å². The first-order valence-corrected chi connectivity index (χ1v) is 12.3. The highest BCUT2D eigenvalue weighted by Crippen LogP contribution is 2.29. The Morgan fingerprint density at radius 3 is 1.66 bits per heavy atom. The van der Waals surface area contributed by atoms with E-state index in [4.69, 9.17) is 5.11 Å². The van der Waals surface area contributed by atoms with E-state index in [-0.39, 0.29) is 11.5 Å². The van der Waals surface area contributed by atoms with Crippen LogP contribution in [-0.2, 0) is 6.42 Å². The fourth-order valence-corrected chi connectivity index (χ4v) is 4.13. The van der Waals surface area contributed by atoms with Gasteiger partial charge in [-0.05, 0) is 109 Å². The van der Waals surface area contributed by atoms with E-state index in [1.165, 1.54) is 0 Å². The van der Waals surface area contributed by atoms with Gasteiger partial charge in [0.2, 0.25) is 0 Å². The van der Waals surface area contributed by atoms with Crippen molar-refractivity contribution in [2.24, 2.45) is 0 Å². The molecule has 0 heterocycles. The molecule has 6 heteroatoms. The second-order valence-electron chi connectivity index (χ2n) is 9.29. The molecule has 6 nitrogen and oxygen atoms in total. The molecule has 196 valence electrons. The van der Waals surface area contributed by atoms with Crippen LogP contribution in [0.3, 0.4) is 0 Å². The van der Waals surface area contributed by atoms with E-state index >= 15 is 0 Å². The zero-order chi connectivity index (χ0) is 27.8. The molecule has 4 rings (SSSR count). The van der Waals surface area contributed by atoms with Crippen molar-refractivity contribution < 1.29 is 24.9 Å². The van der Waals surface area contributed by atoms with Crippen LogP contribution in [0.1, 0.15) is 48.5 Å². The molecule has 0 atom stereocenters. The molecule has 0 radical (unpaired) electrons. The molecule has 4 N–H and O–H groups in total. The minimum absolute atomic E-state index is 0.0576. The normalized spacial score (nSPS) is 10.3. The van der Waals surface area contributed by atoms with E-state index in [1.807, 2.05) is 70.2 Å². The van der Waals surface area contributed by atoms with Gasteiger partial charge in [-0.15, -0.1) is 0 Å². The number of rotatable bonds is 6. The second-order valence-corrected chi connectivity index (χ2v) is 9.29. The number of carbonyl (C=O) groups is 2. The van der Waals surface area contributed by atoms with Gasteiger partial charge < -0.3 is 20.6 Å². The van der Waals surface area contributed by atoms with E-state index in [9.17, 15) is 19.8 Å². The van der Waals surface area contributed by atoms with Crippen molar-refractivity contribution in [3.63, 3.8) is 0 Å². The molecule has 0 spiro atoms. The number of aromatic carboxylic acids is 1. The first kappa shape index (κ1) is 28.0. The third-order valence-electron chi connectivity index (χ3n) is 6.24. The molecule has 1 amide bonds. The Morgan fingerprint density at radius 2 is 1.16 bits per heavy atom. The maximum absolute atomic E-state index is 11.9. The summed E-state index contributed by atoms with van der Waals surface area (Å²) in [5, 5.41) is 31.2. The largest absolute Gasteiger partial charge is 0.507 e. The Balaban J connectivity index is 0.000000212. The van der Waals surface area contributed by atoms with Crippen LogP contribution in [0.25, 0.3) is 11.1 Å². The third-order valence-corrected chi connectivity index (χ3v) is 6.24. The van der Waals surface area contributed by atoms with Crippen molar-refractivity contribution in [3.8, 4) is 22.6 Å². The topological polar surface area (TPSA) is 107 Å². The van der Waals surface area contributed by atoms with Gasteiger partial charge in [-0.25, -0.2) is 4.79 Å². The molecule has 0 saturated carbocycles. The van der Waals surface area contributed by atoms with Gasteiger partial charge in [-0.1, -0.05) is 42.5 Å². The Bertz CT molecular complexity index is 1380. The van der Waals surface area contributed by atoms with Crippen molar-refractivity contribution >= 4 is 11.9 Å². The summed E-state index contributed by atoms with van der Waals surface area (Å²) in [5.41, 5.74) is 7.33. The Hall–Kier alpha value is -4.58. The summed E-state index contributed by atoms with van der Waals surface area (Å²) in [6, 6.07) is 23.6. The first-order chi connectivity index (χ1) is 18.1. The molecular formula is C32H33NO5. The van der Waals surface area contributed by atoms with Gasteiger partial charge in [0.05, 0.1) is 5.56 Å². The molecular weight excluding hydrogens is 478 g/mol. The molecule has 0 aliphatic carbocycles. The summed E-state index contributed by atoms with van der Waals surface area (Å²) < 4.78 is 0. The van der Waals surface area contributed by atoms with Crippen molar-refractivity contribution in [1.29, 1.82) is 0 Å². The number of aryl methyl sites for hydroxylation is 4. The van der Waals surface area contributed by atoms with E-state index < -0.39 is 5.97 Å². The van der Waals surface area contributed by atoms with Crippen molar-refractivity contribution in [1.82, 2.24) is 5.32 Å². The number of hydrogen-bond acceptors (Lipinski definition) is 4. The number of carboxylic acid groups (broad SMARTS) is 1. The fraction of sp³-hybridized carbons (Fsp3) is 0.188. The molecule has 0 unspecified atom stereocenters.